The Labute approximate surface area is 191 Å². The van der Waals surface area contributed by atoms with Gasteiger partial charge in [0, 0.05) is 32.3 Å². The number of benzene rings is 1. The van der Waals surface area contributed by atoms with Crippen LogP contribution in [0.4, 0.5) is 0 Å². The van der Waals surface area contributed by atoms with E-state index in [1.165, 1.54) is 12.8 Å². The Bertz CT molecular complexity index is 661. The lowest BCUT2D eigenvalue weighted by atomic mass is 10.2. The molecule has 0 bridgehead atoms. The highest BCUT2D eigenvalue weighted by Gasteiger charge is 2.18. The van der Waals surface area contributed by atoms with E-state index in [2.05, 4.69) is 22.5 Å². The molecule has 0 radical (unpaired) electrons. The van der Waals surface area contributed by atoms with Gasteiger partial charge in [0.1, 0.15) is 11.5 Å². The average Bonchev–Trinajstić information content (AvgIpc) is 3.20. The fourth-order valence-corrected chi connectivity index (χ4v) is 2.99. The van der Waals surface area contributed by atoms with Crippen molar-refractivity contribution in [2.45, 2.75) is 51.7 Å². The number of guanidine groups is 1. The number of carbonyl (C=O) groups excluding carboxylic acids is 1. The number of ether oxygens (including phenoxy) is 2. The van der Waals surface area contributed by atoms with E-state index in [1.807, 2.05) is 18.2 Å². The number of methoxy groups -OCH3 is 1. The second kappa shape index (κ2) is 13.5. The zero-order valence-electron chi connectivity index (χ0n) is 18.0. The Balaban J connectivity index is 0.00000420. The van der Waals surface area contributed by atoms with Crippen LogP contribution < -0.4 is 20.1 Å². The molecule has 0 aliphatic heterocycles. The molecule has 29 heavy (non-hydrogen) atoms. The van der Waals surface area contributed by atoms with Crippen molar-refractivity contribution >= 4 is 35.8 Å². The molecule has 0 atom stereocenters. The normalized spacial score (nSPS) is 14.1. The molecule has 1 amide bonds. The van der Waals surface area contributed by atoms with Crippen molar-refractivity contribution in [3.8, 4) is 11.5 Å². The van der Waals surface area contributed by atoms with Crippen molar-refractivity contribution in [3.63, 3.8) is 0 Å². The van der Waals surface area contributed by atoms with E-state index in [1.54, 1.807) is 26.1 Å². The summed E-state index contributed by atoms with van der Waals surface area (Å²) in [6.07, 6.45) is 5.87. The molecule has 8 heteroatoms. The predicted octanol–water partition coefficient (Wildman–Crippen LogP) is 3.17. The number of carbonyl (C=O) groups is 1. The number of likely N-dealkylation sites (N-methyl/N-ethyl adjacent to an activating group) is 1. The molecule has 2 N–H and O–H groups in total. The zero-order chi connectivity index (χ0) is 20.4. The van der Waals surface area contributed by atoms with Gasteiger partial charge in [0.05, 0.1) is 26.3 Å². The van der Waals surface area contributed by atoms with Gasteiger partial charge >= 0.3 is 0 Å². The van der Waals surface area contributed by atoms with Crippen molar-refractivity contribution in [1.29, 1.82) is 0 Å². The number of nitrogens with one attached hydrogen (secondary N) is 2. The molecule has 1 aliphatic carbocycles. The number of halogens is 1. The quantitative estimate of drug-likeness (QED) is 0.299. The molecule has 7 nitrogen and oxygen atoms in total. The number of amides is 1. The van der Waals surface area contributed by atoms with E-state index in [0.29, 0.717) is 12.5 Å². The summed E-state index contributed by atoms with van der Waals surface area (Å²) in [6.45, 7) is 3.54. The number of hydrogen-bond acceptors (Lipinski definition) is 4. The van der Waals surface area contributed by atoms with E-state index in [0.717, 1.165) is 42.9 Å². The molecule has 0 heterocycles. The van der Waals surface area contributed by atoms with Crippen LogP contribution in [0.3, 0.4) is 0 Å². The van der Waals surface area contributed by atoms with Gasteiger partial charge in [-0.05, 0) is 44.2 Å². The highest BCUT2D eigenvalue weighted by Crippen LogP contribution is 2.30. The van der Waals surface area contributed by atoms with E-state index >= 15 is 0 Å². The Hall–Kier alpha value is -1.71. The number of nitrogens with zero attached hydrogens (tertiary/aromatic N) is 2. The lowest BCUT2D eigenvalue weighted by molar-refractivity contribution is -0.127. The third kappa shape index (κ3) is 8.67. The SMILES string of the molecule is CCCNC(=NCc1ccc(OC)cc1OC1CCCC1)NCC(=O)N(C)C.I. The summed E-state index contributed by atoms with van der Waals surface area (Å²) < 4.78 is 11.6. The minimum atomic E-state index is 0. The van der Waals surface area contributed by atoms with Crippen LogP contribution in [0.1, 0.15) is 44.6 Å². The molecular formula is C21H35IN4O3. The molecule has 0 saturated heterocycles. The molecule has 0 aromatic heterocycles. The maximum atomic E-state index is 11.9. The van der Waals surface area contributed by atoms with Gasteiger partial charge in [-0.25, -0.2) is 4.99 Å². The Kier molecular flexibility index (Phi) is 11.8. The van der Waals surface area contributed by atoms with Gasteiger partial charge in [-0.1, -0.05) is 6.92 Å². The van der Waals surface area contributed by atoms with Crippen molar-refractivity contribution in [2.75, 3.05) is 34.3 Å². The Morgan fingerprint density at radius 3 is 2.59 bits per heavy atom. The number of aliphatic imine (C=N–C) groups is 1. The first-order valence-corrected chi connectivity index (χ1v) is 10.1. The van der Waals surface area contributed by atoms with Crippen molar-refractivity contribution in [1.82, 2.24) is 15.5 Å². The summed E-state index contributed by atoms with van der Waals surface area (Å²) in [5.41, 5.74) is 1.00. The Morgan fingerprint density at radius 2 is 1.97 bits per heavy atom. The molecule has 1 aromatic rings. The summed E-state index contributed by atoms with van der Waals surface area (Å²) in [4.78, 5) is 18.1. The van der Waals surface area contributed by atoms with Gasteiger partial charge in [0.2, 0.25) is 5.91 Å². The van der Waals surface area contributed by atoms with Crippen LogP contribution in [0.15, 0.2) is 23.2 Å². The van der Waals surface area contributed by atoms with Gasteiger partial charge in [-0.3, -0.25) is 4.79 Å². The molecule has 0 unspecified atom stereocenters. The first-order valence-electron chi connectivity index (χ1n) is 10.1. The van der Waals surface area contributed by atoms with Crippen LogP contribution in [0.5, 0.6) is 11.5 Å². The summed E-state index contributed by atoms with van der Waals surface area (Å²) >= 11 is 0. The summed E-state index contributed by atoms with van der Waals surface area (Å²) in [5.74, 6) is 2.23. The summed E-state index contributed by atoms with van der Waals surface area (Å²) in [6, 6.07) is 5.86. The van der Waals surface area contributed by atoms with Gasteiger partial charge in [-0.2, -0.15) is 0 Å². The van der Waals surface area contributed by atoms with Crippen LogP contribution in [0.2, 0.25) is 0 Å². The average molecular weight is 518 g/mol. The fourth-order valence-electron chi connectivity index (χ4n) is 2.99. The first kappa shape index (κ1) is 25.3. The third-order valence-electron chi connectivity index (χ3n) is 4.73. The molecule has 164 valence electrons. The largest absolute Gasteiger partial charge is 0.497 e. The van der Waals surface area contributed by atoms with Gasteiger partial charge < -0.3 is 25.0 Å². The molecule has 1 saturated carbocycles. The summed E-state index contributed by atoms with van der Waals surface area (Å²) in [7, 11) is 5.14. The maximum Gasteiger partial charge on any atom is 0.241 e. The highest BCUT2D eigenvalue weighted by atomic mass is 127. The van der Waals surface area contributed by atoms with Gasteiger partial charge in [-0.15, -0.1) is 24.0 Å². The monoisotopic (exact) mass is 518 g/mol. The lowest BCUT2D eigenvalue weighted by Crippen LogP contribution is -2.43. The van der Waals surface area contributed by atoms with Crippen LogP contribution >= 0.6 is 24.0 Å². The Morgan fingerprint density at radius 1 is 1.24 bits per heavy atom. The molecule has 1 aromatic carbocycles. The minimum absolute atomic E-state index is 0. The lowest BCUT2D eigenvalue weighted by Gasteiger charge is -2.18. The van der Waals surface area contributed by atoms with Crippen LogP contribution in [0.25, 0.3) is 0 Å². The standard InChI is InChI=1S/C21H34N4O3.HI/c1-5-12-22-21(24-15-20(26)25(2)3)23-14-16-10-11-18(27-4)13-19(16)28-17-8-6-7-9-17;/h10-11,13,17H,5-9,12,14-15H2,1-4H3,(H2,22,23,24);1H. The predicted molar refractivity (Wildman–Crippen MR) is 127 cm³/mol. The van der Waals surface area contributed by atoms with Crippen LogP contribution in [0, 0.1) is 0 Å². The molecule has 1 fully saturated rings. The third-order valence-corrected chi connectivity index (χ3v) is 4.73. The molecule has 1 aliphatic rings. The van der Waals surface area contributed by atoms with Gasteiger partial charge in [0.15, 0.2) is 5.96 Å². The smallest absolute Gasteiger partial charge is 0.241 e. The zero-order valence-corrected chi connectivity index (χ0v) is 20.3. The second-order valence-corrected chi connectivity index (χ2v) is 7.23. The van der Waals surface area contributed by atoms with Crippen molar-refractivity contribution in [3.05, 3.63) is 23.8 Å². The van der Waals surface area contributed by atoms with Crippen molar-refractivity contribution < 1.29 is 14.3 Å². The molecule has 0 spiro atoms. The summed E-state index contributed by atoms with van der Waals surface area (Å²) in [5, 5.41) is 6.35. The van der Waals surface area contributed by atoms with Gasteiger partial charge in [0.25, 0.3) is 0 Å². The first-order chi connectivity index (χ1) is 13.5. The van der Waals surface area contributed by atoms with Crippen LogP contribution in [-0.4, -0.2) is 57.2 Å². The second-order valence-electron chi connectivity index (χ2n) is 7.23. The van der Waals surface area contributed by atoms with Crippen LogP contribution in [-0.2, 0) is 11.3 Å². The minimum Gasteiger partial charge on any atom is -0.497 e. The molecule has 2 rings (SSSR count). The van der Waals surface area contributed by atoms with E-state index in [4.69, 9.17) is 9.47 Å². The van der Waals surface area contributed by atoms with Crippen molar-refractivity contribution in [2.24, 2.45) is 4.99 Å². The highest BCUT2D eigenvalue weighted by molar-refractivity contribution is 14.0. The fraction of sp³-hybridized carbons (Fsp3) is 0.619. The molecular weight excluding hydrogens is 483 g/mol. The topological polar surface area (TPSA) is 75.2 Å². The number of hydrogen-bond donors (Lipinski definition) is 2. The number of rotatable bonds is 9. The van der Waals surface area contributed by atoms with E-state index in [9.17, 15) is 4.79 Å². The maximum absolute atomic E-state index is 11.9. The van der Waals surface area contributed by atoms with E-state index in [-0.39, 0.29) is 42.5 Å². The van der Waals surface area contributed by atoms with E-state index < -0.39 is 0 Å².